The first-order valence-electron chi connectivity index (χ1n) is 8.57. The number of amides is 1. The number of fused-ring (bicyclic) bond motifs is 1. The van der Waals surface area contributed by atoms with E-state index in [2.05, 4.69) is 36.7 Å². The van der Waals surface area contributed by atoms with Crippen molar-refractivity contribution in [3.05, 3.63) is 24.3 Å². The Hall–Kier alpha value is -1.17. The summed E-state index contributed by atoms with van der Waals surface area (Å²) in [4.78, 5) is 21.5. The van der Waals surface area contributed by atoms with Crippen molar-refractivity contribution in [1.29, 1.82) is 0 Å². The third kappa shape index (κ3) is 5.43. The Morgan fingerprint density at radius 2 is 1.83 bits per heavy atom. The Morgan fingerprint density at radius 1 is 1.12 bits per heavy atom. The molecule has 0 atom stereocenters. The topological polar surface area (TPSA) is 36.4 Å². The predicted molar refractivity (Wildman–Crippen MR) is 107 cm³/mol. The maximum atomic E-state index is 12.6. The van der Waals surface area contributed by atoms with E-state index in [9.17, 15) is 4.79 Å². The summed E-state index contributed by atoms with van der Waals surface area (Å²) in [5.41, 5.74) is 0.976. The second-order valence-corrected chi connectivity index (χ2v) is 6.65. The molecule has 1 aromatic carbocycles. The van der Waals surface area contributed by atoms with Crippen LogP contribution in [0.15, 0.2) is 24.3 Å². The summed E-state index contributed by atoms with van der Waals surface area (Å²) in [7, 11) is 0. The van der Waals surface area contributed by atoms with Gasteiger partial charge in [0.15, 0.2) is 5.13 Å². The molecule has 2 rings (SSSR count). The third-order valence-corrected chi connectivity index (χ3v) is 5.15. The maximum absolute atomic E-state index is 12.6. The average molecular weight is 370 g/mol. The molecule has 2 aromatic rings. The number of likely N-dealkylation sites (N-methyl/N-ethyl adjacent to an activating group) is 1. The number of carbonyl (C=O) groups excluding carboxylic acids is 1. The van der Waals surface area contributed by atoms with Gasteiger partial charge in [-0.2, -0.15) is 0 Å². The molecule has 0 aliphatic rings. The number of unbranched alkanes of at least 4 members (excludes halogenated alkanes) is 1. The highest BCUT2D eigenvalue weighted by molar-refractivity contribution is 7.22. The second-order valence-electron chi connectivity index (χ2n) is 5.64. The normalized spacial score (nSPS) is 10.8. The number of aromatic nitrogens is 1. The largest absolute Gasteiger partial charge is 0.302 e. The van der Waals surface area contributed by atoms with E-state index < -0.39 is 0 Å². The van der Waals surface area contributed by atoms with Crippen LogP contribution in [0.4, 0.5) is 5.13 Å². The summed E-state index contributed by atoms with van der Waals surface area (Å²) in [6.07, 6.45) is 2.58. The number of anilines is 1. The number of para-hydroxylation sites is 1. The van der Waals surface area contributed by atoms with Gasteiger partial charge in [0.05, 0.1) is 10.2 Å². The fourth-order valence-corrected chi connectivity index (χ4v) is 3.56. The van der Waals surface area contributed by atoms with E-state index in [1.807, 2.05) is 23.1 Å². The highest BCUT2D eigenvalue weighted by atomic mass is 35.5. The number of thiazole rings is 1. The first-order chi connectivity index (χ1) is 11.2. The number of rotatable bonds is 9. The Labute approximate surface area is 155 Å². The molecular formula is C18H28ClN3OS. The van der Waals surface area contributed by atoms with Crippen LogP contribution in [0.25, 0.3) is 10.2 Å². The number of hydrogen-bond acceptors (Lipinski definition) is 4. The molecular weight excluding hydrogens is 342 g/mol. The molecule has 0 aliphatic carbocycles. The van der Waals surface area contributed by atoms with E-state index in [-0.39, 0.29) is 18.3 Å². The molecule has 134 valence electrons. The van der Waals surface area contributed by atoms with Gasteiger partial charge in [0, 0.05) is 19.5 Å². The van der Waals surface area contributed by atoms with E-state index in [0.717, 1.165) is 47.8 Å². The number of hydrogen-bond donors (Lipinski definition) is 0. The minimum absolute atomic E-state index is 0. The van der Waals surface area contributed by atoms with Crippen LogP contribution in [0.1, 0.15) is 40.0 Å². The quantitative estimate of drug-likeness (QED) is 0.649. The van der Waals surface area contributed by atoms with Crippen LogP contribution in [0.3, 0.4) is 0 Å². The van der Waals surface area contributed by atoms with Crippen LogP contribution < -0.4 is 4.90 Å². The molecule has 0 spiro atoms. The number of nitrogens with zero attached hydrogens (tertiary/aromatic N) is 3. The van der Waals surface area contributed by atoms with Gasteiger partial charge in [0.25, 0.3) is 0 Å². The SMILES string of the molecule is CCCCC(=O)N(CCN(CC)CC)c1nc2ccccc2s1.Cl. The van der Waals surface area contributed by atoms with Crippen LogP contribution in [-0.2, 0) is 4.79 Å². The Kier molecular flexibility index (Phi) is 9.26. The summed E-state index contributed by atoms with van der Waals surface area (Å²) in [6, 6.07) is 8.08. The Bertz CT molecular complexity index is 595. The van der Waals surface area contributed by atoms with Crippen LogP contribution >= 0.6 is 23.7 Å². The van der Waals surface area contributed by atoms with Gasteiger partial charge in [-0.05, 0) is 31.6 Å². The van der Waals surface area contributed by atoms with Gasteiger partial charge in [-0.1, -0.05) is 50.7 Å². The highest BCUT2D eigenvalue weighted by Crippen LogP contribution is 2.29. The van der Waals surface area contributed by atoms with Crippen molar-refractivity contribution in [2.45, 2.75) is 40.0 Å². The molecule has 0 bridgehead atoms. The van der Waals surface area contributed by atoms with Crippen molar-refractivity contribution >= 4 is 45.0 Å². The Morgan fingerprint density at radius 3 is 2.46 bits per heavy atom. The maximum Gasteiger partial charge on any atom is 0.228 e. The van der Waals surface area contributed by atoms with Crippen molar-refractivity contribution in [3.8, 4) is 0 Å². The van der Waals surface area contributed by atoms with Gasteiger partial charge in [-0.15, -0.1) is 12.4 Å². The smallest absolute Gasteiger partial charge is 0.228 e. The zero-order valence-electron chi connectivity index (χ0n) is 14.8. The fraction of sp³-hybridized carbons (Fsp3) is 0.556. The van der Waals surface area contributed by atoms with Gasteiger partial charge >= 0.3 is 0 Å². The van der Waals surface area contributed by atoms with Crippen molar-refractivity contribution in [3.63, 3.8) is 0 Å². The van der Waals surface area contributed by atoms with Gasteiger partial charge in [-0.3, -0.25) is 9.69 Å². The zero-order chi connectivity index (χ0) is 16.7. The molecule has 0 fully saturated rings. The lowest BCUT2D eigenvalue weighted by Crippen LogP contribution is -2.38. The van der Waals surface area contributed by atoms with E-state index >= 15 is 0 Å². The second kappa shape index (κ2) is 10.6. The van der Waals surface area contributed by atoms with Crippen LogP contribution in [0, 0.1) is 0 Å². The van der Waals surface area contributed by atoms with Crippen LogP contribution in [-0.4, -0.2) is 42.0 Å². The minimum Gasteiger partial charge on any atom is -0.302 e. The summed E-state index contributed by atoms with van der Waals surface area (Å²) in [6.45, 7) is 10.0. The zero-order valence-corrected chi connectivity index (χ0v) is 16.5. The van der Waals surface area contributed by atoms with Gasteiger partial charge < -0.3 is 4.90 Å². The number of benzene rings is 1. The van der Waals surface area contributed by atoms with Crippen molar-refractivity contribution < 1.29 is 4.79 Å². The van der Waals surface area contributed by atoms with Crippen LogP contribution in [0.5, 0.6) is 0 Å². The average Bonchev–Trinajstić information content (AvgIpc) is 3.00. The lowest BCUT2D eigenvalue weighted by molar-refractivity contribution is -0.118. The highest BCUT2D eigenvalue weighted by Gasteiger charge is 2.19. The monoisotopic (exact) mass is 369 g/mol. The molecule has 1 aromatic heterocycles. The lowest BCUT2D eigenvalue weighted by Gasteiger charge is -2.24. The first-order valence-corrected chi connectivity index (χ1v) is 9.39. The Balaban J connectivity index is 0.00000288. The van der Waals surface area contributed by atoms with E-state index in [1.54, 1.807) is 11.3 Å². The summed E-state index contributed by atoms with van der Waals surface area (Å²) in [5.74, 6) is 0.193. The molecule has 0 saturated carbocycles. The molecule has 0 aliphatic heterocycles. The molecule has 24 heavy (non-hydrogen) atoms. The van der Waals surface area contributed by atoms with Gasteiger partial charge in [-0.25, -0.2) is 4.98 Å². The van der Waals surface area contributed by atoms with Crippen LogP contribution in [0.2, 0.25) is 0 Å². The molecule has 4 nitrogen and oxygen atoms in total. The molecule has 1 heterocycles. The summed E-state index contributed by atoms with van der Waals surface area (Å²) < 4.78 is 1.14. The molecule has 0 unspecified atom stereocenters. The van der Waals surface area contributed by atoms with E-state index in [4.69, 9.17) is 0 Å². The van der Waals surface area contributed by atoms with Gasteiger partial charge in [0.2, 0.25) is 5.91 Å². The fourth-order valence-electron chi connectivity index (χ4n) is 2.55. The predicted octanol–water partition coefficient (Wildman–Crippen LogP) is 4.58. The lowest BCUT2D eigenvalue weighted by atomic mass is 10.2. The van der Waals surface area contributed by atoms with E-state index in [1.165, 1.54) is 0 Å². The molecule has 0 N–H and O–H groups in total. The summed E-state index contributed by atoms with van der Waals surface area (Å²) >= 11 is 1.61. The minimum atomic E-state index is 0. The molecule has 1 amide bonds. The van der Waals surface area contributed by atoms with E-state index in [0.29, 0.717) is 13.0 Å². The third-order valence-electron chi connectivity index (χ3n) is 4.09. The number of carbonyl (C=O) groups is 1. The van der Waals surface area contributed by atoms with Crippen molar-refractivity contribution in [2.75, 3.05) is 31.1 Å². The molecule has 0 radical (unpaired) electrons. The number of halogens is 1. The standard InChI is InChI=1S/C18H27N3OS.ClH/c1-4-7-12-17(22)21(14-13-20(5-2)6-3)18-19-15-10-8-9-11-16(15)23-18;/h8-11H,4-7,12-14H2,1-3H3;1H. The van der Waals surface area contributed by atoms with Gasteiger partial charge in [0.1, 0.15) is 0 Å². The first kappa shape index (κ1) is 20.9. The van der Waals surface area contributed by atoms with Crippen molar-refractivity contribution in [2.24, 2.45) is 0 Å². The molecule has 6 heteroatoms. The summed E-state index contributed by atoms with van der Waals surface area (Å²) in [5, 5.41) is 0.833. The molecule has 0 saturated heterocycles. The van der Waals surface area contributed by atoms with Crippen molar-refractivity contribution in [1.82, 2.24) is 9.88 Å².